The van der Waals surface area contributed by atoms with Gasteiger partial charge in [0.15, 0.2) is 0 Å². The molecule has 0 aliphatic rings. The number of alkyl carbamates (subject to hydrolysis) is 1. The molecule has 0 aliphatic heterocycles. The van der Waals surface area contributed by atoms with E-state index in [1.807, 2.05) is 86.8 Å². The molecule has 0 bridgehead atoms. The van der Waals surface area contributed by atoms with Gasteiger partial charge in [-0.15, -0.1) is 22.7 Å². The molecule has 14 nitrogen and oxygen atoms in total. The summed E-state index contributed by atoms with van der Waals surface area (Å²) in [6.07, 6.45) is 1.56. The first-order valence-corrected chi connectivity index (χ1v) is 22.2. The third-order valence-electron chi connectivity index (χ3n) is 9.33. The monoisotopic (exact) mass is 864 g/mol. The van der Waals surface area contributed by atoms with E-state index in [2.05, 4.69) is 39.8 Å². The molecule has 0 aliphatic carbocycles. The van der Waals surface area contributed by atoms with Gasteiger partial charge in [-0.25, -0.2) is 19.4 Å². The summed E-state index contributed by atoms with van der Waals surface area (Å²) in [5.41, 5.74) is 4.23. The standard InChI is InChI=1S/C44H60N6O8S2/c1-7-18-55-19-20-56-27-39(51)58-38(37(22-33-16-12-9-13-17-33)48-44(54)57-26-36-24-45-29-60-36)23-34(21-32-14-10-8-11-15-32)46-41(52)40(30(2)3)49-43(53)50(6)25-35-28-59-42(47-35)31(4)5/h8-17,24,28-31,34,37-38,40H,7,18-23,25-27H2,1-6H3,(H,46,52)(H,48,54)(H,49,53)/t34-,37-,38-,40-/m0/s1. The predicted octanol–water partition coefficient (Wildman–Crippen LogP) is 6.90. The van der Waals surface area contributed by atoms with E-state index in [1.54, 1.807) is 30.1 Å². The molecule has 16 heteroatoms. The zero-order chi connectivity index (χ0) is 43.3. The predicted molar refractivity (Wildman–Crippen MR) is 233 cm³/mol. The van der Waals surface area contributed by atoms with Gasteiger partial charge >= 0.3 is 18.1 Å². The lowest BCUT2D eigenvalue weighted by molar-refractivity contribution is -0.157. The van der Waals surface area contributed by atoms with Crippen LogP contribution in [0.15, 0.2) is 77.8 Å². The quantitative estimate of drug-likeness (QED) is 0.0471. The number of ether oxygens (including phenoxy) is 4. The first-order valence-electron chi connectivity index (χ1n) is 20.4. The van der Waals surface area contributed by atoms with Gasteiger partial charge in [-0.2, -0.15) is 0 Å². The van der Waals surface area contributed by atoms with Crippen molar-refractivity contribution in [2.24, 2.45) is 5.92 Å². The lowest BCUT2D eigenvalue weighted by Gasteiger charge is -2.32. The fraction of sp³-hybridized carbons (Fsp3) is 0.500. The lowest BCUT2D eigenvalue weighted by atomic mass is 9.92. The van der Waals surface area contributed by atoms with Crippen LogP contribution in [0.5, 0.6) is 0 Å². The highest BCUT2D eigenvalue weighted by molar-refractivity contribution is 7.09. The van der Waals surface area contributed by atoms with Gasteiger partial charge in [0, 0.05) is 43.6 Å². The van der Waals surface area contributed by atoms with Crippen LogP contribution in [0.2, 0.25) is 0 Å². The molecule has 0 unspecified atom stereocenters. The number of carbonyl (C=O) groups is 4. The molecule has 4 aromatic rings. The van der Waals surface area contributed by atoms with Crippen molar-refractivity contribution in [1.82, 2.24) is 30.8 Å². The highest BCUT2D eigenvalue weighted by atomic mass is 32.1. The van der Waals surface area contributed by atoms with Gasteiger partial charge in [-0.3, -0.25) is 9.78 Å². The van der Waals surface area contributed by atoms with Crippen molar-refractivity contribution in [3.63, 3.8) is 0 Å². The first-order chi connectivity index (χ1) is 28.9. The third kappa shape index (κ3) is 17.0. The number of thiazole rings is 2. The van der Waals surface area contributed by atoms with Crippen LogP contribution in [0.3, 0.4) is 0 Å². The zero-order valence-corrected chi connectivity index (χ0v) is 37.1. The normalized spacial score (nSPS) is 13.3. The van der Waals surface area contributed by atoms with E-state index in [9.17, 15) is 19.2 Å². The second-order valence-electron chi connectivity index (χ2n) is 15.2. The SMILES string of the molecule is CCCOCCOCC(=O)O[C@@H](C[C@H](Cc1ccccc1)NC(=O)[C@@H](NC(=O)N(C)Cc1csc(C(C)C)n1)C(C)C)[C@H](Cc1ccccc1)NC(=O)OCc1cncs1. The van der Waals surface area contributed by atoms with Crippen molar-refractivity contribution in [2.75, 3.05) is 33.5 Å². The summed E-state index contributed by atoms with van der Waals surface area (Å²) in [6, 6.07) is 16.4. The van der Waals surface area contributed by atoms with Gasteiger partial charge in [0.1, 0.15) is 25.4 Å². The van der Waals surface area contributed by atoms with Crippen LogP contribution >= 0.6 is 22.7 Å². The summed E-state index contributed by atoms with van der Waals surface area (Å²) in [7, 11) is 1.67. The summed E-state index contributed by atoms with van der Waals surface area (Å²) in [5.74, 6) is -1.05. The number of amides is 4. The second kappa shape index (κ2) is 25.7. The van der Waals surface area contributed by atoms with Gasteiger partial charge in [0.05, 0.1) is 46.9 Å². The average Bonchev–Trinajstić information content (AvgIpc) is 3.93. The molecular formula is C44H60N6O8S2. The minimum atomic E-state index is -0.963. The van der Waals surface area contributed by atoms with Crippen molar-refractivity contribution in [3.8, 4) is 0 Å². The summed E-state index contributed by atoms with van der Waals surface area (Å²) >= 11 is 2.92. The second-order valence-corrected chi connectivity index (χ2v) is 17.0. The fourth-order valence-corrected chi connectivity index (χ4v) is 7.55. The molecule has 4 amide bonds. The van der Waals surface area contributed by atoms with Crippen molar-refractivity contribution in [2.45, 2.75) is 104 Å². The Kier molecular flexibility index (Phi) is 20.4. The maximum Gasteiger partial charge on any atom is 0.407 e. The Morgan fingerprint density at radius 3 is 2.13 bits per heavy atom. The van der Waals surface area contributed by atoms with Crippen LogP contribution in [0.25, 0.3) is 0 Å². The van der Waals surface area contributed by atoms with E-state index in [4.69, 9.17) is 18.9 Å². The average molecular weight is 865 g/mol. The van der Waals surface area contributed by atoms with Crippen LogP contribution in [-0.2, 0) is 54.5 Å². The Labute approximate surface area is 361 Å². The van der Waals surface area contributed by atoms with Crippen LogP contribution in [0.4, 0.5) is 9.59 Å². The Bertz CT molecular complexity index is 1860. The Balaban J connectivity index is 1.59. The number of hydrogen-bond donors (Lipinski definition) is 3. The minimum absolute atomic E-state index is 0.0138. The summed E-state index contributed by atoms with van der Waals surface area (Å²) < 4.78 is 22.8. The molecular weight excluding hydrogens is 805 g/mol. The molecule has 2 aromatic heterocycles. The highest BCUT2D eigenvalue weighted by Crippen LogP contribution is 2.21. The largest absolute Gasteiger partial charge is 0.458 e. The van der Waals surface area contributed by atoms with Crippen LogP contribution < -0.4 is 16.0 Å². The molecule has 0 fully saturated rings. The molecule has 0 spiro atoms. The zero-order valence-electron chi connectivity index (χ0n) is 35.5. The van der Waals surface area contributed by atoms with Gasteiger partial charge in [-0.1, -0.05) is 95.3 Å². The fourth-order valence-electron chi connectivity index (χ4n) is 6.22. The van der Waals surface area contributed by atoms with Crippen molar-refractivity contribution >= 4 is 46.7 Å². The van der Waals surface area contributed by atoms with Gasteiger partial charge in [0.25, 0.3) is 0 Å². The van der Waals surface area contributed by atoms with Crippen LogP contribution in [0, 0.1) is 5.92 Å². The van der Waals surface area contributed by atoms with Crippen molar-refractivity contribution in [3.05, 3.63) is 104 Å². The van der Waals surface area contributed by atoms with E-state index < -0.39 is 48.2 Å². The molecule has 60 heavy (non-hydrogen) atoms. The van der Waals surface area contributed by atoms with E-state index in [-0.39, 0.29) is 51.0 Å². The Morgan fingerprint density at radius 2 is 1.52 bits per heavy atom. The number of rotatable bonds is 25. The maximum absolute atomic E-state index is 14.3. The molecule has 0 saturated heterocycles. The Morgan fingerprint density at radius 1 is 0.833 bits per heavy atom. The van der Waals surface area contributed by atoms with E-state index in [0.717, 1.165) is 33.1 Å². The number of nitrogens with one attached hydrogen (secondary N) is 3. The molecule has 4 rings (SSSR count). The number of aromatic nitrogens is 2. The Hall–Kier alpha value is -4.90. The highest BCUT2D eigenvalue weighted by Gasteiger charge is 2.34. The number of hydrogen-bond acceptors (Lipinski definition) is 12. The van der Waals surface area contributed by atoms with Gasteiger partial charge in [0.2, 0.25) is 5.91 Å². The molecule has 0 saturated carbocycles. The van der Waals surface area contributed by atoms with Gasteiger partial charge < -0.3 is 39.8 Å². The molecule has 4 atom stereocenters. The first kappa shape index (κ1) is 47.8. The summed E-state index contributed by atoms with van der Waals surface area (Å²) in [4.78, 5) is 65.7. The molecule has 0 radical (unpaired) electrons. The van der Waals surface area contributed by atoms with Gasteiger partial charge in [-0.05, 0) is 36.3 Å². The number of esters is 1. The molecule has 3 N–H and O–H groups in total. The van der Waals surface area contributed by atoms with Crippen LogP contribution in [0.1, 0.15) is 80.1 Å². The van der Waals surface area contributed by atoms with Crippen molar-refractivity contribution < 1.29 is 38.1 Å². The summed E-state index contributed by atoms with van der Waals surface area (Å²) in [5, 5.41) is 12.0. The summed E-state index contributed by atoms with van der Waals surface area (Å²) in [6.45, 7) is 10.9. The smallest absolute Gasteiger partial charge is 0.407 e. The number of urea groups is 1. The van der Waals surface area contributed by atoms with Crippen LogP contribution in [-0.4, -0.2) is 96.6 Å². The third-order valence-corrected chi connectivity index (χ3v) is 11.3. The maximum atomic E-state index is 14.3. The lowest BCUT2D eigenvalue weighted by Crippen LogP contribution is -2.56. The van der Waals surface area contributed by atoms with E-state index in [0.29, 0.717) is 19.6 Å². The molecule has 2 aromatic carbocycles. The van der Waals surface area contributed by atoms with E-state index >= 15 is 0 Å². The molecule has 2 heterocycles. The number of carbonyl (C=O) groups excluding carboxylic acids is 4. The van der Waals surface area contributed by atoms with E-state index in [1.165, 1.54) is 16.2 Å². The number of nitrogens with zero attached hydrogens (tertiary/aromatic N) is 3. The minimum Gasteiger partial charge on any atom is -0.458 e. The topological polar surface area (TPSA) is 170 Å². The molecule has 326 valence electrons. The number of benzene rings is 2. The van der Waals surface area contributed by atoms with Crippen molar-refractivity contribution in [1.29, 1.82) is 0 Å².